The molecule has 0 fully saturated rings. The SMILES string of the molecule is O=C(N/N=C\c1ccc(OCc2ccccc2Cl)cc1)c1ccc(F)cc1. The van der Waals surface area contributed by atoms with Crippen molar-refractivity contribution < 1.29 is 13.9 Å². The fraction of sp³-hybridized carbons (Fsp3) is 0.0476. The quantitative estimate of drug-likeness (QED) is 0.490. The van der Waals surface area contributed by atoms with Gasteiger partial charge in [-0.2, -0.15) is 5.10 Å². The van der Waals surface area contributed by atoms with E-state index in [4.69, 9.17) is 16.3 Å². The van der Waals surface area contributed by atoms with Crippen LogP contribution in [0.2, 0.25) is 5.02 Å². The minimum Gasteiger partial charge on any atom is -0.489 e. The molecule has 3 aromatic carbocycles. The van der Waals surface area contributed by atoms with E-state index in [0.29, 0.717) is 22.9 Å². The number of carbonyl (C=O) groups excluding carboxylic acids is 1. The molecule has 0 bridgehead atoms. The molecule has 0 aliphatic heterocycles. The van der Waals surface area contributed by atoms with Crippen LogP contribution in [0.4, 0.5) is 4.39 Å². The zero-order chi connectivity index (χ0) is 19.1. The van der Waals surface area contributed by atoms with Gasteiger partial charge in [-0.25, -0.2) is 9.82 Å². The maximum Gasteiger partial charge on any atom is 0.271 e. The van der Waals surface area contributed by atoms with Crippen LogP contribution in [0.1, 0.15) is 21.5 Å². The summed E-state index contributed by atoms with van der Waals surface area (Å²) in [5.41, 5.74) is 4.43. The normalized spacial score (nSPS) is 10.7. The summed E-state index contributed by atoms with van der Waals surface area (Å²) in [5, 5.41) is 4.56. The van der Waals surface area contributed by atoms with Crippen LogP contribution < -0.4 is 10.2 Å². The van der Waals surface area contributed by atoms with Crippen LogP contribution in [0.25, 0.3) is 0 Å². The molecule has 6 heteroatoms. The Hall–Kier alpha value is -3.18. The van der Waals surface area contributed by atoms with Crippen LogP contribution in [-0.4, -0.2) is 12.1 Å². The third-order valence-corrected chi connectivity index (χ3v) is 4.09. The first-order valence-corrected chi connectivity index (χ1v) is 8.55. The summed E-state index contributed by atoms with van der Waals surface area (Å²) in [6.07, 6.45) is 1.51. The van der Waals surface area contributed by atoms with Gasteiger partial charge in [-0.15, -0.1) is 0 Å². The number of nitrogens with zero attached hydrogens (tertiary/aromatic N) is 1. The van der Waals surface area contributed by atoms with Crippen molar-refractivity contribution >= 4 is 23.7 Å². The summed E-state index contributed by atoms with van der Waals surface area (Å²) in [7, 11) is 0. The van der Waals surface area contributed by atoms with Gasteiger partial charge in [0, 0.05) is 16.1 Å². The van der Waals surface area contributed by atoms with Crippen molar-refractivity contribution in [1.29, 1.82) is 0 Å². The second-order valence-corrected chi connectivity index (χ2v) is 6.06. The fourth-order valence-electron chi connectivity index (χ4n) is 2.26. The maximum absolute atomic E-state index is 12.8. The van der Waals surface area contributed by atoms with Gasteiger partial charge in [-0.05, 0) is 60.2 Å². The molecule has 136 valence electrons. The Kier molecular flexibility index (Phi) is 6.18. The number of nitrogens with one attached hydrogen (secondary N) is 1. The second kappa shape index (κ2) is 8.96. The number of ether oxygens (including phenoxy) is 1. The van der Waals surface area contributed by atoms with Crippen molar-refractivity contribution in [3.05, 3.63) is 100 Å². The molecule has 0 atom stereocenters. The van der Waals surface area contributed by atoms with E-state index in [1.54, 1.807) is 12.1 Å². The molecule has 0 radical (unpaired) electrons. The van der Waals surface area contributed by atoms with E-state index in [0.717, 1.165) is 11.1 Å². The third kappa shape index (κ3) is 5.39. The molecule has 1 amide bonds. The Morgan fingerprint density at radius 3 is 2.44 bits per heavy atom. The molecular formula is C21H16ClFN2O2. The molecule has 0 spiro atoms. The van der Waals surface area contributed by atoms with Crippen LogP contribution in [0.5, 0.6) is 5.75 Å². The van der Waals surface area contributed by atoms with Gasteiger partial charge >= 0.3 is 0 Å². The lowest BCUT2D eigenvalue weighted by atomic mass is 10.2. The highest BCUT2D eigenvalue weighted by Gasteiger charge is 2.04. The Morgan fingerprint density at radius 2 is 1.74 bits per heavy atom. The number of hydrogen-bond donors (Lipinski definition) is 1. The lowest BCUT2D eigenvalue weighted by molar-refractivity contribution is 0.0955. The van der Waals surface area contributed by atoms with Crippen molar-refractivity contribution in [1.82, 2.24) is 5.43 Å². The van der Waals surface area contributed by atoms with Crippen molar-refractivity contribution in [3.8, 4) is 5.75 Å². The van der Waals surface area contributed by atoms with Crippen molar-refractivity contribution in [2.45, 2.75) is 6.61 Å². The van der Waals surface area contributed by atoms with Gasteiger partial charge in [0.1, 0.15) is 18.2 Å². The molecule has 3 rings (SSSR count). The van der Waals surface area contributed by atoms with Crippen molar-refractivity contribution in [3.63, 3.8) is 0 Å². The molecule has 0 aliphatic rings. The molecule has 27 heavy (non-hydrogen) atoms. The van der Waals surface area contributed by atoms with E-state index in [1.807, 2.05) is 36.4 Å². The first-order chi connectivity index (χ1) is 13.1. The fourth-order valence-corrected chi connectivity index (χ4v) is 2.45. The third-order valence-electron chi connectivity index (χ3n) is 3.72. The number of rotatable bonds is 6. The zero-order valence-corrected chi connectivity index (χ0v) is 15.0. The van der Waals surface area contributed by atoms with Crippen LogP contribution >= 0.6 is 11.6 Å². The van der Waals surface area contributed by atoms with E-state index >= 15 is 0 Å². The second-order valence-electron chi connectivity index (χ2n) is 5.66. The minimum absolute atomic E-state index is 0.330. The van der Waals surface area contributed by atoms with Crippen molar-refractivity contribution in [2.75, 3.05) is 0 Å². The van der Waals surface area contributed by atoms with Crippen molar-refractivity contribution in [2.24, 2.45) is 5.10 Å². The molecule has 0 saturated carbocycles. The van der Waals surface area contributed by atoms with E-state index < -0.39 is 11.7 Å². The van der Waals surface area contributed by atoms with Crippen LogP contribution in [-0.2, 0) is 6.61 Å². The predicted octanol–water partition coefficient (Wildman–Crippen LogP) is 4.82. The lowest BCUT2D eigenvalue weighted by Gasteiger charge is -2.07. The van der Waals surface area contributed by atoms with Gasteiger partial charge < -0.3 is 4.74 Å². The Labute approximate surface area is 161 Å². The minimum atomic E-state index is -0.411. The molecule has 0 aromatic heterocycles. The van der Waals surface area contributed by atoms with Gasteiger partial charge in [0.15, 0.2) is 0 Å². The summed E-state index contributed by atoms with van der Waals surface area (Å²) in [5.74, 6) is -0.111. The van der Waals surface area contributed by atoms with E-state index in [2.05, 4.69) is 10.5 Å². The molecule has 0 aliphatic carbocycles. The Morgan fingerprint density at radius 1 is 1.04 bits per heavy atom. The lowest BCUT2D eigenvalue weighted by Crippen LogP contribution is -2.17. The molecule has 0 unspecified atom stereocenters. The summed E-state index contributed by atoms with van der Waals surface area (Å²) >= 11 is 6.10. The highest BCUT2D eigenvalue weighted by atomic mass is 35.5. The molecule has 0 heterocycles. The number of hydrazone groups is 1. The number of amides is 1. The van der Waals surface area contributed by atoms with Gasteiger partial charge in [0.25, 0.3) is 5.91 Å². The number of carbonyl (C=O) groups is 1. The zero-order valence-electron chi connectivity index (χ0n) is 14.2. The number of hydrogen-bond acceptors (Lipinski definition) is 3. The largest absolute Gasteiger partial charge is 0.489 e. The molecule has 4 nitrogen and oxygen atoms in total. The first kappa shape index (κ1) is 18.6. The molecular weight excluding hydrogens is 367 g/mol. The van der Waals surface area contributed by atoms with E-state index in [9.17, 15) is 9.18 Å². The summed E-state index contributed by atoms with van der Waals surface area (Å²) in [6, 6.07) is 20.0. The van der Waals surface area contributed by atoms with E-state index in [-0.39, 0.29) is 0 Å². The maximum atomic E-state index is 12.8. The smallest absolute Gasteiger partial charge is 0.271 e. The van der Waals surface area contributed by atoms with Crippen LogP contribution in [0.15, 0.2) is 77.9 Å². The monoisotopic (exact) mass is 382 g/mol. The summed E-state index contributed by atoms with van der Waals surface area (Å²) < 4.78 is 18.6. The predicted molar refractivity (Wildman–Crippen MR) is 104 cm³/mol. The topological polar surface area (TPSA) is 50.7 Å². The van der Waals surface area contributed by atoms with E-state index in [1.165, 1.54) is 30.5 Å². The van der Waals surface area contributed by atoms with Gasteiger partial charge in [-0.1, -0.05) is 29.8 Å². The van der Waals surface area contributed by atoms with Crippen LogP contribution in [0, 0.1) is 5.82 Å². The molecule has 3 aromatic rings. The molecule has 1 N–H and O–H groups in total. The average molecular weight is 383 g/mol. The molecule has 0 saturated heterocycles. The standard InChI is InChI=1S/C21H16ClFN2O2/c22-20-4-2-1-3-17(20)14-27-19-11-5-15(6-12-19)13-24-25-21(26)16-7-9-18(23)10-8-16/h1-13H,14H2,(H,25,26)/b24-13-. The first-order valence-electron chi connectivity index (χ1n) is 8.17. The number of benzene rings is 3. The highest BCUT2D eigenvalue weighted by Crippen LogP contribution is 2.18. The van der Waals surface area contributed by atoms with Gasteiger partial charge in [-0.3, -0.25) is 4.79 Å². The summed E-state index contributed by atoms with van der Waals surface area (Å²) in [4.78, 5) is 11.9. The van der Waals surface area contributed by atoms with Crippen LogP contribution in [0.3, 0.4) is 0 Å². The number of halogens is 2. The van der Waals surface area contributed by atoms with Gasteiger partial charge in [0.05, 0.1) is 6.21 Å². The Bertz CT molecular complexity index is 941. The Balaban J connectivity index is 1.52. The average Bonchev–Trinajstić information content (AvgIpc) is 2.69. The van der Waals surface area contributed by atoms with Gasteiger partial charge in [0.2, 0.25) is 0 Å². The highest BCUT2D eigenvalue weighted by molar-refractivity contribution is 6.31. The summed E-state index contributed by atoms with van der Waals surface area (Å²) in [6.45, 7) is 0.376.